The molecule has 0 saturated carbocycles. The molecule has 6 nitrogen and oxygen atoms in total. The van der Waals surface area contributed by atoms with Gasteiger partial charge < -0.3 is 15.7 Å². The fourth-order valence-corrected chi connectivity index (χ4v) is 3.77. The Morgan fingerprint density at radius 3 is 2.24 bits per heavy atom. The molecule has 0 spiro atoms. The predicted molar refractivity (Wildman–Crippen MR) is 115 cm³/mol. The average Bonchev–Trinajstić information content (AvgIpc) is 3.02. The molecule has 0 saturated heterocycles. The van der Waals surface area contributed by atoms with Crippen LogP contribution in [0.3, 0.4) is 0 Å². The Kier molecular flexibility index (Phi) is 6.22. The Bertz CT molecular complexity index is 1110. The summed E-state index contributed by atoms with van der Waals surface area (Å²) in [6.07, 6.45) is 0. The number of rotatable bonds is 5. The zero-order chi connectivity index (χ0) is 21.1. The normalized spacial score (nSPS) is 10.4. The third-order valence-electron chi connectivity index (χ3n) is 3.97. The molecule has 0 atom stereocenters. The molecule has 29 heavy (non-hydrogen) atoms. The Morgan fingerprint density at radius 1 is 0.966 bits per heavy atom. The summed E-state index contributed by atoms with van der Waals surface area (Å²) >= 11 is 13.1. The molecule has 1 aromatic heterocycles. The van der Waals surface area contributed by atoms with E-state index in [0.29, 0.717) is 15.7 Å². The molecule has 0 fully saturated rings. The second-order valence-corrected chi connectivity index (χ2v) is 7.74. The summed E-state index contributed by atoms with van der Waals surface area (Å²) in [7, 11) is 0. The van der Waals surface area contributed by atoms with Crippen molar-refractivity contribution in [2.75, 3.05) is 10.6 Å². The maximum atomic E-state index is 12.5. The maximum absolute atomic E-state index is 12.5. The number of amides is 2. The number of hydrogen-bond donors (Lipinski definition) is 3. The number of aryl methyl sites for hydroxylation is 1. The number of nitrogens with one attached hydrogen (secondary N) is 2. The Morgan fingerprint density at radius 2 is 1.66 bits per heavy atom. The molecule has 2 amide bonds. The molecule has 0 aliphatic heterocycles. The van der Waals surface area contributed by atoms with Crippen molar-refractivity contribution in [1.29, 1.82) is 0 Å². The summed E-state index contributed by atoms with van der Waals surface area (Å²) in [4.78, 5) is 36.8. The molecule has 9 heteroatoms. The molecule has 0 radical (unpaired) electrons. The molecule has 0 aliphatic carbocycles. The molecule has 0 unspecified atom stereocenters. The van der Waals surface area contributed by atoms with E-state index >= 15 is 0 Å². The SMILES string of the molecule is Cc1csc(C(=O)Nc2cc(C(=O)Nc3ccc(Cl)cc3)ccc2C(=O)O)c1Cl. The fourth-order valence-electron chi connectivity index (χ4n) is 2.47. The van der Waals surface area contributed by atoms with Crippen molar-refractivity contribution < 1.29 is 19.5 Å². The van der Waals surface area contributed by atoms with Gasteiger partial charge in [0.25, 0.3) is 11.8 Å². The molecular formula is C20H14Cl2N2O4S. The second kappa shape index (κ2) is 8.65. The topological polar surface area (TPSA) is 95.5 Å². The Hall–Kier alpha value is -2.87. The molecule has 148 valence electrons. The van der Waals surface area contributed by atoms with E-state index in [2.05, 4.69) is 10.6 Å². The molecule has 0 aliphatic rings. The van der Waals surface area contributed by atoms with Gasteiger partial charge in [-0.1, -0.05) is 23.2 Å². The number of aromatic carboxylic acids is 1. The number of carbonyl (C=O) groups excluding carboxylic acids is 2. The lowest BCUT2D eigenvalue weighted by Gasteiger charge is -2.11. The fraction of sp³-hybridized carbons (Fsp3) is 0.0500. The number of carboxylic acids is 1. The molecule has 3 N–H and O–H groups in total. The first-order chi connectivity index (χ1) is 13.8. The zero-order valence-electron chi connectivity index (χ0n) is 15.0. The van der Waals surface area contributed by atoms with Crippen LogP contribution in [-0.4, -0.2) is 22.9 Å². The van der Waals surface area contributed by atoms with Crippen LogP contribution in [0.5, 0.6) is 0 Å². The van der Waals surface area contributed by atoms with E-state index in [4.69, 9.17) is 23.2 Å². The highest BCUT2D eigenvalue weighted by atomic mass is 35.5. The van der Waals surface area contributed by atoms with Crippen molar-refractivity contribution in [3.8, 4) is 0 Å². The summed E-state index contributed by atoms with van der Waals surface area (Å²) in [5.74, 6) is -2.26. The number of carboxylic acid groups (broad SMARTS) is 1. The number of thiophene rings is 1. The lowest BCUT2D eigenvalue weighted by Crippen LogP contribution is -2.17. The molecular weight excluding hydrogens is 435 g/mol. The largest absolute Gasteiger partial charge is 0.478 e. The third kappa shape index (κ3) is 4.76. The molecule has 2 aromatic carbocycles. The smallest absolute Gasteiger partial charge is 0.337 e. The minimum Gasteiger partial charge on any atom is -0.478 e. The van der Waals surface area contributed by atoms with E-state index in [1.165, 1.54) is 18.2 Å². The summed E-state index contributed by atoms with van der Waals surface area (Å²) in [5, 5.41) is 17.2. The van der Waals surface area contributed by atoms with Gasteiger partial charge in [0.2, 0.25) is 0 Å². The first-order valence-electron chi connectivity index (χ1n) is 8.25. The van der Waals surface area contributed by atoms with Gasteiger partial charge in [0.05, 0.1) is 16.3 Å². The maximum Gasteiger partial charge on any atom is 0.337 e. The van der Waals surface area contributed by atoms with E-state index in [9.17, 15) is 19.5 Å². The van der Waals surface area contributed by atoms with Crippen molar-refractivity contribution in [3.63, 3.8) is 0 Å². The van der Waals surface area contributed by atoms with E-state index in [1.54, 1.807) is 36.6 Å². The van der Waals surface area contributed by atoms with Crippen LogP contribution in [0.15, 0.2) is 47.8 Å². The minimum atomic E-state index is -1.24. The van der Waals surface area contributed by atoms with Crippen LogP contribution in [0.1, 0.15) is 36.0 Å². The van der Waals surface area contributed by atoms with Gasteiger partial charge in [0.1, 0.15) is 4.88 Å². The van der Waals surface area contributed by atoms with Gasteiger partial charge in [-0.05, 0) is 60.3 Å². The second-order valence-electron chi connectivity index (χ2n) is 6.04. The molecule has 3 aromatic rings. The lowest BCUT2D eigenvalue weighted by atomic mass is 10.1. The van der Waals surface area contributed by atoms with Crippen LogP contribution in [0.4, 0.5) is 11.4 Å². The quantitative estimate of drug-likeness (QED) is 0.475. The van der Waals surface area contributed by atoms with Crippen molar-refractivity contribution in [2.45, 2.75) is 6.92 Å². The molecule has 3 rings (SSSR count). The number of benzene rings is 2. The van der Waals surface area contributed by atoms with E-state index in [-0.39, 0.29) is 21.7 Å². The summed E-state index contributed by atoms with van der Waals surface area (Å²) < 4.78 is 0. The van der Waals surface area contributed by atoms with E-state index in [0.717, 1.165) is 16.9 Å². The van der Waals surface area contributed by atoms with Gasteiger partial charge in [0.15, 0.2) is 0 Å². The highest BCUT2D eigenvalue weighted by molar-refractivity contribution is 7.13. The standard InChI is InChI=1S/C20H14Cl2N2O4S/c1-10-9-29-17(16(10)22)19(26)24-15-8-11(2-7-14(15)20(27)28)18(25)23-13-5-3-12(21)4-6-13/h2-9H,1H3,(H,23,25)(H,24,26)(H,27,28). The number of hydrogen-bond acceptors (Lipinski definition) is 4. The van der Waals surface area contributed by atoms with Crippen LogP contribution < -0.4 is 10.6 Å². The molecule has 0 bridgehead atoms. The van der Waals surface area contributed by atoms with Crippen molar-refractivity contribution in [2.24, 2.45) is 0 Å². The number of halogens is 2. The average molecular weight is 449 g/mol. The van der Waals surface area contributed by atoms with Gasteiger partial charge in [-0.25, -0.2) is 4.79 Å². The van der Waals surface area contributed by atoms with Gasteiger partial charge in [-0.3, -0.25) is 9.59 Å². The van der Waals surface area contributed by atoms with Gasteiger partial charge >= 0.3 is 5.97 Å². The van der Waals surface area contributed by atoms with Gasteiger partial charge in [-0.2, -0.15) is 0 Å². The van der Waals surface area contributed by atoms with Gasteiger partial charge in [-0.15, -0.1) is 11.3 Å². The van der Waals surface area contributed by atoms with E-state index in [1.807, 2.05) is 0 Å². The highest BCUT2D eigenvalue weighted by Crippen LogP contribution is 2.29. The summed E-state index contributed by atoms with van der Waals surface area (Å²) in [6, 6.07) is 10.5. The van der Waals surface area contributed by atoms with Crippen LogP contribution >= 0.6 is 34.5 Å². The summed E-state index contributed by atoms with van der Waals surface area (Å²) in [5.41, 5.74) is 1.29. The third-order valence-corrected chi connectivity index (χ3v) is 5.92. The van der Waals surface area contributed by atoms with Crippen molar-refractivity contribution in [3.05, 3.63) is 79.5 Å². The van der Waals surface area contributed by atoms with E-state index < -0.39 is 17.8 Å². The van der Waals surface area contributed by atoms with Crippen LogP contribution in [0.25, 0.3) is 0 Å². The monoisotopic (exact) mass is 448 g/mol. The van der Waals surface area contributed by atoms with Crippen LogP contribution in [-0.2, 0) is 0 Å². The zero-order valence-corrected chi connectivity index (χ0v) is 17.3. The molecule has 1 heterocycles. The van der Waals surface area contributed by atoms with Crippen LogP contribution in [0, 0.1) is 6.92 Å². The number of carbonyl (C=O) groups is 3. The number of anilines is 2. The predicted octanol–water partition coefficient (Wildman–Crippen LogP) is 5.57. The Balaban J connectivity index is 1.88. The van der Waals surface area contributed by atoms with Gasteiger partial charge in [0, 0.05) is 16.3 Å². The first kappa shape index (κ1) is 20.9. The highest BCUT2D eigenvalue weighted by Gasteiger charge is 2.19. The van der Waals surface area contributed by atoms with Crippen LogP contribution in [0.2, 0.25) is 10.0 Å². The summed E-state index contributed by atoms with van der Waals surface area (Å²) in [6.45, 7) is 1.76. The lowest BCUT2D eigenvalue weighted by molar-refractivity contribution is 0.0697. The first-order valence-corrected chi connectivity index (χ1v) is 9.89. The van der Waals surface area contributed by atoms with Crippen molar-refractivity contribution >= 4 is 63.7 Å². The Labute approximate surface area is 180 Å². The van der Waals surface area contributed by atoms with Crippen molar-refractivity contribution in [1.82, 2.24) is 0 Å². The minimum absolute atomic E-state index is 0.00613.